The van der Waals surface area contributed by atoms with Gasteiger partial charge in [-0.2, -0.15) is 0 Å². The quantitative estimate of drug-likeness (QED) is 0.842. The van der Waals surface area contributed by atoms with Crippen LogP contribution in [0.2, 0.25) is 0 Å². The zero-order chi connectivity index (χ0) is 20.0. The molecule has 1 fully saturated rings. The first kappa shape index (κ1) is 21.7. The molecule has 27 heavy (non-hydrogen) atoms. The first-order chi connectivity index (χ1) is 12.7. The molecule has 1 aromatic carbocycles. The minimum atomic E-state index is -0.439. The second kappa shape index (κ2) is 9.56. The van der Waals surface area contributed by atoms with Crippen LogP contribution in [0.15, 0.2) is 24.3 Å². The molecule has 0 aliphatic carbocycles. The van der Waals surface area contributed by atoms with E-state index in [1.807, 2.05) is 32.6 Å². The molecule has 0 aromatic heterocycles. The van der Waals surface area contributed by atoms with Crippen molar-refractivity contribution in [2.24, 2.45) is 5.73 Å². The highest BCUT2D eigenvalue weighted by Gasteiger charge is 2.25. The summed E-state index contributed by atoms with van der Waals surface area (Å²) in [6.45, 7) is 13.5. The van der Waals surface area contributed by atoms with Crippen LogP contribution in [0, 0.1) is 0 Å². The Labute approximate surface area is 164 Å². The van der Waals surface area contributed by atoms with Gasteiger partial charge in [0.05, 0.1) is 0 Å². The van der Waals surface area contributed by atoms with E-state index in [1.165, 1.54) is 11.1 Å². The molecule has 2 N–H and O–H groups in total. The Morgan fingerprint density at radius 1 is 1.07 bits per heavy atom. The van der Waals surface area contributed by atoms with E-state index in [1.54, 1.807) is 0 Å². The number of ether oxygens (including phenoxy) is 1. The second-order valence-corrected chi connectivity index (χ2v) is 8.59. The van der Waals surface area contributed by atoms with Gasteiger partial charge in [0.2, 0.25) is 0 Å². The molecule has 5 nitrogen and oxygen atoms in total. The summed E-state index contributed by atoms with van der Waals surface area (Å²) in [6, 6.07) is 9.23. The number of amides is 1. The van der Waals surface area contributed by atoms with Gasteiger partial charge < -0.3 is 15.4 Å². The van der Waals surface area contributed by atoms with Gasteiger partial charge in [0.25, 0.3) is 0 Å². The van der Waals surface area contributed by atoms with Gasteiger partial charge in [0.1, 0.15) is 5.60 Å². The fourth-order valence-corrected chi connectivity index (χ4v) is 3.70. The molecule has 1 saturated heterocycles. The van der Waals surface area contributed by atoms with E-state index in [2.05, 4.69) is 36.1 Å². The van der Waals surface area contributed by atoms with E-state index < -0.39 is 5.60 Å². The highest BCUT2D eigenvalue weighted by Crippen LogP contribution is 2.27. The predicted octanol–water partition coefficient (Wildman–Crippen LogP) is 4.49. The average Bonchev–Trinajstić information content (AvgIpc) is 2.56. The van der Waals surface area contributed by atoms with Crippen molar-refractivity contribution in [2.75, 3.05) is 26.2 Å². The minimum absolute atomic E-state index is 0.0691. The fraction of sp³-hybridized carbons (Fsp3) is 0.682. The Kier molecular flexibility index (Phi) is 7.68. The molecule has 1 amide bonds. The van der Waals surface area contributed by atoms with Gasteiger partial charge in [0.15, 0.2) is 0 Å². The predicted molar refractivity (Wildman–Crippen MR) is 111 cm³/mol. The Hall–Kier alpha value is -1.59. The summed E-state index contributed by atoms with van der Waals surface area (Å²) in [4.78, 5) is 16.8. The van der Waals surface area contributed by atoms with Crippen molar-refractivity contribution in [1.29, 1.82) is 0 Å². The fourth-order valence-electron chi connectivity index (χ4n) is 3.70. The van der Waals surface area contributed by atoms with E-state index in [4.69, 9.17) is 10.5 Å². The van der Waals surface area contributed by atoms with Gasteiger partial charge in [0, 0.05) is 38.3 Å². The highest BCUT2D eigenvalue weighted by atomic mass is 16.6. The summed E-state index contributed by atoms with van der Waals surface area (Å²) in [7, 11) is 0. The molecule has 0 saturated carbocycles. The van der Waals surface area contributed by atoms with Crippen molar-refractivity contribution < 1.29 is 9.53 Å². The molecule has 2 atom stereocenters. The van der Waals surface area contributed by atoms with E-state index in [0.717, 1.165) is 45.4 Å². The summed E-state index contributed by atoms with van der Waals surface area (Å²) in [5, 5.41) is 0. The van der Waals surface area contributed by atoms with Crippen molar-refractivity contribution in [3.8, 4) is 0 Å². The highest BCUT2D eigenvalue weighted by molar-refractivity contribution is 5.68. The number of carbonyl (C=O) groups excluding carboxylic acids is 1. The standard InChI is InChI=1S/C22H37N3O2/c1-6-20(19-11-9-18(10-12-19)17(2)23)24-13-7-15-25(16-8-14-24)21(26)27-22(3,4)5/h9-12,17,20H,6-8,13-16,23H2,1-5H3/t17-,20?/m0/s1. The van der Waals surface area contributed by atoms with Crippen LogP contribution in [0.25, 0.3) is 0 Å². The maximum Gasteiger partial charge on any atom is 0.410 e. The molecule has 0 bridgehead atoms. The van der Waals surface area contributed by atoms with Crippen LogP contribution in [0.5, 0.6) is 0 Å². The van der Waals surface area contributed by atoms with E-state index in [9.17, 15) is 4.79 Å². The van der Waals surface area contributed by atoms with Crippen LogP contribution in [0.3, 0.4) is 0 Å². The number of benzene rings is 1. The molecule has 152 valence electrons. The van der Waals surface area contributed by atoms with E-state index in [0.29, 0.717) is 6.04 Å². The number of carbonyl (C=O) groups is 1. The average molecular weight is 376 g/mol. The van der Waals surface area contributed by atoms with Crippen molar-refractivity contribution in [3.63, 3.8) is 0 Å². The molecule has 5 heteroatoms. The Bertz CT molecular complexity index is 583. The minimum Gasteiger partial charge on any atom is -0.444 e. The lowest BCUT2D eigenvalue weighted by atomic mass is 9.98. The summed E-state index contributed by atoms with van der Waals surface area (Å²) >= 11 is 0. The maximum absolute atomic E-state index is 12.3. The monoisotopic (exact) mass is 375 g/mol. The normalized spacial score (nSPS) is 19.1. The van der Waals surface area contributed by atoms with Crippen LogP contribution in [0.4, 0.5) is 4.79 Å². The van der Waals surface area contributed by atoms with Gasteiger partial charge in [-0.05, 0) is 58.1 Å². The van der Waals surface area contributed by atoms with E-state index >= 15 is 0 Å². The number of hydrogen-bond donors (Lipinski definition) is 1. The van der Waals surface area contributed by atoms with Crippen molar-refractivity contribution >= 4 is 6.09 Å². The topological polar surface area (TPSA) is 58.8 Å². The molecular formula is C22H37N3O2. The zero-order valence-electron chi connectivity index (χ0n) is 17.7. The molecule has 0 radical (unpaired) electrons. The van der Waals surface area contributed by atoms with Gasteiger partial charge in [-0.15, -0.1) is 0 Å². The molecule has 1 aliphatic heterocycles. The van der Waals surface area contributed by atoms with Crippen molar-refractivity contribution in [1.82, 2.24) is 9.80 Å². The summed E-state index contributed by atoms with van der Waals surface area (Å²) in [5.74, 6) is 0. The van der Waals surface area contributed by atoms with Crippen LogP contribution in [0.1, 0.15) is 77.1 Å². The third-order valence-electron chi connectivity index (χ3n) is 5.07. The van der Waals surface area contributed by atoms with Crippen LogP contribution in [-0.2, 0) is 4.74 Å². The Morgan fingerprint density at radius 3 is 2.04 bits per heavy atom. The number of nitrogens with zero attached hydrogens (tertiary/aromatic N) is 2. The molecule has 1 heterocycles. The van der Waals surface area contributed by atoms with Gasteiger partial charge in [-0.3, -0.25) is 4.90 Å². The van der Waals surface area contributed by atoms with Crippen molar-refractivity contribution in [2.45, 2.75) is 71.6 Å². The summed E-state index contributed by atoms with van der Waals surface area (Å²) < 4.78 is 5.53. The summed E-state index contributed by atoms with van der Waals surface area (Å²) in [5.41, 5.74) is 8.07. The lowest BCUT2D eigenvalue weighted by Crippen LogP contribution is -2.43. The molecule has 1 unspecified atom stereocenters. The second-order valence-electron chi connectivity index (χ2n) is 8.59. The van der Waals surface area contributed by atoms with Gasteiger partial charge in [-0.1, -0.05) is 31.2 Å². The van der Waals surface area contributed by atoms with Crippen molar-refractivity contribution in [3.05, 3.63) is 35.4 Å². The number of nitrogens with two attached hydrogens (primary N) is 1. The zero-order valence-corrected chi connectivity index (χ0v) is 17.7. The number of hydrogen-bond acceptors (Lipinski definition) is 4. The van der Waals surface area contributed by atoms with Gasteiger partial charge >= 0.3 is 6.09 Å². The van der Waals surface area contributed by atoms with Crippen LogP contribution in [-0.4, -0.2) is 47.7 Å². The maximum atomic E-state index is 12.3. The van der Waals surface area contributed by atoms with Gasteiger partial charge in [-0.25, -0.2) is 4.79 Å². The Balaban J connectivity index is 1.97. The SMILES string of the molecule is CCC(c1ccc([C@H](C)N)cc1)N1CCCN(C(=O)OC(C)(C)C)CCC1. The van der Waals surface area contributed by atoms with Crippen LogP contribution < -0.4 is 5.73 Å². The molecule has 2 rings (SSSR count). The molecule has 1 aromatic rings. The third-order valence-corrected chi connectivity index (χ3v) is 5.07. The first-order valence-corrected chi connectivity index (χ1v) is 10.3. The molecular weight excluding hydrogens is 338 g/mol. The molecule has 0 spiro atoms. The smallest absolute Gasteiger partial charge is 0.410 e. The molecule has 1 aliphatic rings. The lowest BCUT2D eigenvalue weighted by molar-refractivity contribution is 0.0206. The summed E-state index contributed by atoms with van der Waals surface area (Å²) in [6.07, 6.45) is 2.82. The van der Waals surface area contributed by atoms with E-state index in [-0.39, 0.29) is 12.1 Å². The first-order valence-electron chi connectivity index (χ1n) is 10.3. The Morgan fingerprint density at radius 2 is 1.59 bits per heavy atom. The third kappa shape index (κ3) is 6.51. The van der Waals surface area contributed by atoms with Crippen LogP contribution >= 0.6 is 0 Å². The lowest BCUT2D eigenvalue weighted by Gasteiger charge is -2.36. The number of rotatable bonds is 4. The largest absolute Gasteiger partial charge is 0.444 e.